The van der Waals surface area contributed by atoms with Crippen molar-refractivity contribution in [2.24, 2.45) is 0 Å². The van der Waals surface area contributed by atoms with Crippen molar-refractivity contribution in [3.63, 3.8) is 0 Å². The number of hydrogen-bond acceptors (Lipinski definition) is 16. The van der Waals surface area contributed by atoms with Crippen LogP contribution in [0, 0.1) is 0 Å². The van der Waals surface area contributed by atoms with Gasteiger partial charge in [0.1, 0.15) is 48.5 Å². The first-order valence-corrected chi connectivity index (χ1v) is 14.4. The average Bonchev–Trinajstić information content (AvgIpc) is 3.71. The van der Waals surface area contributed by atoms with Gasteiger partial charge in [0.05, 0.1) is 24.7 Å². The lowest BCUT2D eigenvalue weighted by atomic mass is 10.1. The van der Waals surface area contributed by atoms with Gasteiger partial charge in [-0.15, -0.1) is 0 Å². The smallest absolute Gasteiger partial charge is 0.396 e. The lowest BCUT2D eigenvalue weighted by molar-refractivity contribution is -0.0497. The minimum Gasteiger partial charge on any atom is -0.396 e. The Morgan fingerprint density at radius 3 is 2.65 bits per heavy atom. The number of anilines is 2. The second kappa shape index (κ2) is 11.2. The molecule has 43 heavy (non-hydrogen) atoms. The number of phosphoric ester groups is 1. The second-order valence-corrected chi connectivity index (χ2v) is 11.4. The van der Waals surface area contributed by atoms with E-state index < -0.39 is 68.9 Å². The molecule has 232 valence electrons. The molecule has 2 saturated heterocycles. The molecule has 9 atom stereocenters. The Morgan fingerprint density at radius 2 is 1.88 bits per heavy atom. The summed E-state index contributed by atoms with van der Waals surface area (Å²) in [6, 6.07) is 3.18. The summed E-state index contributed by atoms with van der Waals surface area (Å²) in [5.41, 5.74) is 11.5. The Labute approximate surface area is 240 Å². The third-order valence-electron chi connectivity index (χ3n) is 7.27. The Kier molecular flexibility index (Phi) is 7.67. The van der Waals surface area contributed by atoms with Crippen LogP contribution in [0.15, 0.2) is 29.6 Å². The molecule has 6 rings (SSSR count). The lowest BCUT2D eigenvalue weighted by Crippen LogP contribution is -2.35. The molecule has 4 aromatic rings. The van der Waals surface area contributed by atoms with E-state index in [0.29, 0.717) is 11.2 Å². The van der Waals surface area contributed by atoms with E-state index in [1.165, 1.54) is 15.4 Å². The first-order valence-electron chi connectivity index (χ1n) is 12.9. The van der Waals surface area contributed by atoms with Gasteiger partial charge in [-0.05, 0) is 18.6 Å². The van der Waals surface area contributed by atoms with Crippen LogP contribution in [-0.4, -0.2) is 109 Å². The molecule has 0 radical (unpaired) electrons. The van der Waals surface area contributed by atoms with Crippen molar-refractivity contribution in [1.82, 2.24) is 34.1 Å². The number of nitrogens with two attached hydrogens (primary N) is 2. The number of nitrogens with zero attached hydrogens (tertiary/aromatic N) is 6. The number of imidazole rings is 1. The third kappa shape index (κ3) is 5.27. The van der Waals surface area contributed by atoms with E-state index in [2.05, 4.69) is 25.0 Å². The number of aliphatic hydroxyl groups excluding tert-OH is 4. The van der Waals surface area contributed by atoms with Gasteiger partial charge >= 0.3 is 7.82 Å². The summed E-state index contributed by atoms with van der Waals surface area (Å²) in [4.78, 5) is 37.0. The van der Waals surface area contributed by atoms with Crippen molar-refractivity contribution in [2.45, 2.75) is 55.4 Å². The first kappa shape index (κ1) is 29.5. The van der Waals surface area contributed by atoms with Gasteiger partial charge in [-0.2, -0.15) is 10.1 Å². The summed E-state index contributed by atoms with van der Waals surface area (Å²) in [5.74, 6) is -0.0575. The van der Waals surface area contributed by atoms with Crippen LogP contribution >= 0.6 is 7.82 Å². The fraction of sp³-hybridized carbons (Fsp3) is 0.500. The topological polar surface area (TPSA) is 301 Å². The molecule has 0 amide bonds. The summed E-state index contributed by atoms with van der Waals surface area (Å²) in [6.45, 7) is -1.10. The molecular weight excluding hydrogens is 597 g/mol. The minimum absolute atomic E-state index is 0.0576. The van der Waals surface area contributed by atoms with E-state index in [0.717, 1.165) is 6.33 Å². The highest BCUT2D eigenvalue weighted by Gasteiger charge is 2.50. The Bertz CT molecular complexity index is 1750. The minimum atomic E-state index is -5.03. The molecule has 2 aliphatic rings. The van der Waals surface area contributed by atoms with Crippen molar-refractivity contribution in [3.8, 4) is 0 Å². The van der Waals surface area contributed by atoms with Crippen LogP contribution in [0.4, 0.5) is 11.8 Å². The van der Waals surface area contributed by atoms with Crippen LogP contribution in [0.2, 0.25) is 0 Å². The monoisotopic (exact) mass is 625 g/mol. The summed E-state index contributed by atoms with van der Waals surface area (Å²) in [7, 11) is -5.03. The van der Waals surface area contributed by atoms with Gasteiger partial charge < -0.3 is 46.3 Å². The summed E-state index contributed by atoms with van der Waals surface area (Å²) < 4.78 is 37.7. The largest absolute Gasteiger partial charge is 0.472 e. The highest BCUT2D eigenvalue weighted by Crippen LogP contribution is 2.50. The van der Waals surface area contributed by atoms with Crippen molar-refractivity contribution in [1.29, 1.82) is 0 Å². The molecule has 4 aromatic heterocycles. The summed E-state index contributed by atoms with van der Waals surface area (Å²) in [5, 5.41) is 45.7. The Hall–Kier alpha value is -3.56. The maximum absolute atomic E-state index is 13.1. The zero-order valence-corrected chi connectivity index (χ0v) is 22.9. The van der Waals surface area contributed by atoms with Crippen molar-refractivity contribution in [3.05, 3.63) is 40.8 Å². The number of aromatic amines is 1. The number of ether oxygens (including phenoxy) is 2. The van der Waals surface area contributed by atoms with E-state index in [-0.39, 0.29) is 36.0 Å². The summed E-state index contributed by atoms with van der Waals surface area (Å²) >= 11 is 0. The zero-order chi connectivity index (χ0) is 30.6. The molecule has 6 heterocycles. The number of nitrogen functional groups attached to an aromatic ring is 2. The highest BCUT2D eigenvalue weighted by atomic mass is 31.2. The standard InChI is InChI=1S/C22H28N9O11P/c23-18-9-2-1-8(31(9)27-6-25-18)16-15(35)13(33)11(40-16)5-39-43(37,38)42-17-14(34)10(3-4-32)41-21(17)30-7-26-12-19(30)28-22(24)29-20(12)36/h1-2,6-7,10-11,13-17,21,32-35H,3-5H2,(H,37,38)(H2,23,25,27)(H3,24,28,29,36)/t10-,11-,13-,14-,15-,16+,17-,21-/m1/s1. The van der Waals surface area contributed by atoms with Gasteiger partial charge in [0, 0.05) is 6.61 Å². The fourth-order valence-electron chi connectivity index (χ4n) is 5.22. The second-order valence-electron chi connectivity index (χ2n) is 9.95. The number of rotatable bonds is 9. The SMILES string of the molecule is Nc1nc2c(ncn2[C@@H]2O[C@H](CCO)[C@@H](O)[C@H]2OP(=O)(O)OC[C@H]2O[C@@H](c3ccc4c(N)ncnn34)[C@H](O)[C@@H]2O)c(=O)[nH]1. The number of phosphoric acid groups is 1. The predicted molar refractivity (Wildman–Crippen MR) is 142 cm³/mol. The molecular formula is C22H28N9O11P. The van der Waals surface area contributed by atoms with Crippen molar-refractivity contribution >= 4 is 36.3 Å². The van der Waals surface area contributed by atoms with E-state index >= 15 is 0 Å². The molecule has 20 nitrogen and oxygen atoms in total. The maximum atomic E-state index is 13.1. The molecule has 0 bridgehead atoms. The molecule has 2 aliphatic heterocycles. The van der Waals surface area contributed by atoms with Crippen molar-refractivity contribution < 1.29 is 48.4 Å². The zero-order valence-electron chi connectivity index (χ0n) is 22.0. The number of H-pyrrole nitrogens is 1. The third-order valence-corrected chi connectivity index (χ3v) is 8.26. The van der Waals surface area contributed by atoms with Crippen LogP contribution in [0.25, 0.3) is 16.7 Å². The average molecular weight is 625 g/mol. The van der Waals surface area contributed by atoms with Crippen LogP contribution in [0.5, 0.6) is 0 Å². The predicted octanol–water partition coefficient (Wildman–Crippen LogP) is -2.67. The van der Waals surface area contributed by atoms with E-state index in [1.807, 2.05) is 0 Å². The Morgan fingerprint density at radius 1 is 1.09 bits per heavy atom. The van der Waals surface area contributed by atoms with Gasteiger partial charge in [-0.25, -0.2) is 19.0 Å². The fourth-order valence-corrected chi connectivity index (χ4v) is 6.15. The highest BCUT2D eigenvalue weighted by molar-refractivity contribution is 7.47. The van der Waals surface area contributed by atoms with E-state index in [9.17, 15) is 34.7 Å². The number of aromatic nitrogens is 7. The molecule has 21 heteroatoms. The number of aliphatic hydroxyl groups is 4. The maximum Gasteiger partial charge on any atom is 0.472 e. The first-order chi connectivity index (χ1) is 20.5. The molecule has 0 aromatic carbocycles. The van der Waals surface area contributed by atoms with Crippen LogP contribution in [0.3, 0.4) is 0 Å². The van der Waals surface area contributed by atoms with Crippen LogP contribution in [0.1, 0.15) is 24.4 Å². The van der Waals surface area contributed by atoms with E-state index in [4.69, 9.17) is 30.0 Å². The van der Waals surface area contributed by atoms with Crippen LogP contribution in [-0.2, 0) is 23.1 Å². The number of hydrogen-bond donors (Lipinski definition) is 8. The molecule has 0 aliphatic carbocycles. The molecule has 1 unspecified atom stereocenters. The molecule has 0 saturated carbocycles. The van der Waals surface area contributed by atoms with Gasteiger partial charge in [0.15, 0.2) is 23.2 Å². The van der Waals surface area contributed by atoms with Gasteiger partial charge in [-0.1, -0.05) is 0 Å². The molecule has 0 spiro atoms. The molecule has 2 fully saturated rings. The van der Waals surface area contributed by atoms with Crippen LogP contribution < -0.4 is 17.0 Å². The van der Waals surface area contributed by atoms with Crippen molar-refractivity contribution in [2.75, 3.05) is 24.7 Å². The Balaban J connectivity index is 1.19. The normalized spacial score (nSPS) is 30.8. The lowest BCUT2D eigenvalue weighted by Gasteiger charge is -2.25. The summed E-state index contributed by atoms with van der Waals surface area (Å²) in [6.07, 6.45) is -8.64. The molecule has 10 N–H and O–H groups in total. The van der Waals surface area contributed by atoms with Gasteiger partial charge in [0.2, 0.25) is 5.95 Å². The van der Waals surface area contributed by atoms with Gasteiger partial charge in [0.25, 0.3) is 5.56 Å². The van der Waals surface area contributed by atoms with E-state index in [1.54, 1.807) is 12.1 Å². The number of fused-ring (bicyclic) bond motifs is 2. The number of nitrogens with one attached hydrogen (secondary N) is 1. The quantitative estimate of drug-likeness (QED) is 0.0879. The van der Waals surface area contributed by atoms with Gasteiger partial charge in [-0.3, -0.25) is 23.4 Å².